The first kappa shape index (κ1) is 10.0. The number of aliphatic hydroxyl groups excluding tert-OH is 1. The normalized spacial score (nSPS) is 12.5. The maximum atomic E-state index is 9.61. The second kappa shape index (κ2) is 4.83. The van der Waals surface area contributed by atoms with Crippen LogP contribution in [0, 0.1) is 0 Å². The van der Waals surface area contributed by atoms with Gasteiger partial charge in [0.2, 0.25) is 0 Å². The molecule has 0 amide bonds. The first-order valence-corrected chi connectivity index (χ1v) is 4.65. The van der Waals surface area contributed by atoms with Crippen LogP contribution in [0.15, 0.2) is 36.9 Å². The monoisotopic (exact) mass is 176 g/mol. The molecule has 0 heterocycles. The summed E-state index contributed by atoms with van der Waals surface area (Å²) in [6.07, 6.45) is 2.99. The topological polar surface area (TPSA) is 20.2 Å². The van der Waals surface area contributed by atoms with Crippen molar-refractivity contribution in [2.45, 2.75) is 25.9 Å². The second-order valence-electron chi connectivity index (χ2n) is 3.14. The van der Waals surface area contributed by atoms with Crippen LogP contribution in [0.3, 0.4) is 0 Å². The largest absolute Gasteiger partial charge is 0.388 e. The zero-order chi connectivity index (χ0) is 9.68. The van der Waals surface area contributed by atoms with Gasteiger partial charge in [0.05, 0.1) is 6.10 Å². The third-order valence-electron chi connectivity index (χ3n) is 2.16. The van der Waals surface area contributed by atoms with Crippen molar-refractivity contribution >= 4 is 0 Å². The third kappa shape index (κ3) is 2.71. The fourth-order valence-electron chi connectivity index (χ4n) is 1.27. The Hall–Kier alpha value is -1.08. The van der Waals surface area contributed by atoms with E-state index in [4.69, 9.17) is 0 Å². The van der Waals surface area contributed by atoms with Crippen LogP contribution in [0.4, 0.5) is 0 Å². The predicted octanol–water partition coefficient (Wildman–Crippen LogP) is 2.86. The molecule has 1 N–H and O–H groups in total. The Morgan fingerprint density at radius 3 is 2.46 bits per heavy atom. The summed E-state index contributed by atoms with van der Waals surface area (Å²) in [7, 11) is 0. The molecule has 1 rings (SSSR count). The van der Waals surface area contributed by atoms with Gasteiger partial charge in [-0.25, -0.2) is 0 Å². The summed E-state index contributed by atoms with van der Waals surface area (Å²) in [5, 5.41) is 9.61. The molecule has 0 saturated carbocycles. The maximum Gasteiger partial charge on any atom is 0.0824 e. The van der Waals surface area contributed by atoms with E-state index in [0.717, 1.165) is 12.0 Å². The molecule has 13 heavy (non-hydrogen) atoms. The van der Waals surface area contributed by atoms with Crippen LogP contribution < -0.4 is 0 Å². The molecule has 0 aliphatic rings. The Morgan fingerprint density at radius 2 is 2.00 bits per heavy atom. The summed E-state index contributed by atoms with van der Waals surface area (Å²) >= 11 is 0. The van der Waals surface area contributed by atoms with E-state index in [1.54, 1.807) is 6.08 Å². The first-order chi connectivity index (χ1) is 6.27. The van der Waals surface area contributed by atoms with Crippen LogP contribution in [0.5, 0.6) is 0 Å². The highest BCUT2D eigenvalue weighted by Crippen LogP contribution is 2.17. The van der Waals surface area contributed by atoms with Crippen molar-refractivity contribution in [2.24, 2.45) is 0 Å². The molecule has 0 saturated heterocycles. The fraction of sp³-hybridized carbons (Fsp3) is 0.333. The Labute approximate surface area is 79.7 Å². The van der Waals surface area contributed by atoms with Gasteiger partial charge in [0.15, 0.2) is 0 Å². The van der Waals surface area contributed by atoms with Gasteiger partial charge in [-0.3, -0.25) is 0 Å². The Balaban J connectivity index is 2.73. The molecule has 0 bridgehead atoms. The highest BCUT2D eigenvalue weighted by molar-refractivity contribution is 5.24. The van der Waals surface area contributed by atoms with E-state index in [2.05, 4.69) is 25.6 Å². The van der Waals surface area contributed by atoms with Gasteiger partial charge in [-0.15, -0.1) is 6.58 Å². The minimum absolute atomic E-state index is 0.400. The lowest BCUT2D eigenvalue weighted by atomic mass is 10.0. The highest BCUT2D eigenvalue weighted by atomic mass is 16.3. The zero-order valence-electron chi connectivity index (χ0n) is 8.03. The molecule has 0 aliphatic heterocycles. The van der Waals surface area contributed by atoms with E-state index in [1.165, 1.54) is 5.56 Å². The molecule has 0 unspecified atom stereocenters. The molecule has 1 nitrogen and oxygen atoms in total. The predicted molar refractivity (Wildman–Crippen MR) is 55.6 cm³/mol. The summed E-state index contributed by atoms with van der Waals surface area (Å²) in [4.78, 5) is 0. The van der Waals surface area contributed by atoms with Crippen molar-refractivity contribution in [1.82, 2.24) is 0 Å². The number of aliphatic hydroxyl groups is 1. The van der Waals surface area contributed by atoms with Crippen LogP contribution in [0.25, 0.3) is 0 Å². The van der Waals surface area contributed by atoms with Crippen molar-refractivity contribution in [2.75, 3.05) is 0 Å². The minimum atomic E-state index is -0.400. The third-order valence-corrected chi connectivity index (χ3v) is 2.16. The lowest BCUT2D eigenvalue weighted by Crippen LogP contribution is -1.95. The van der Waals surface area contributed by atoms with Gasteiger partial charge in [0, 0.05) is 0 Å². The summed E-state index contributed by atoms with van der Waals surface area (Å²) in [6, 6.07) is 8.07. The molecule has 0 aromatic heterocycles. The molecule has 1 atom stereocenters. The van der Waals surface area contributed by atoms with Crippen LogP contribution in [-0.4, -0.2) is 5.11 Å². The van der Waals surface area contributed by atoms with Crippen molar-refractivity contribution in [3.05, 3.63) is 48.0 Å². The van der Waals surface area contributed by atoms with Crippen molar-refractivity contribution < 1.29 is 5.11 Å². The summed E-state index contributed by atoms with van der Waals surface area (Å²) in [5.74, 6) is 0. The van der Waals surface area contributed by atoms with Crippen LogP contribution >= 0.6 is 0 Å². The Morgan fingerprint density at radius 1 is 1.38 bits per heavy atom. The van der Waals surface area contributed by atoms with E-state index in [-0.39, 0.29) is 0 Å². The van der Waals surface area contributed by atoms with E-state index < -0.39 is 6.10 Å². The van der Waals surface area contributed by atoms with Crippen molar-refractivity contribution in [3.8, 4) is 0 Å². The highest BCUT2D eigenvalue weighted by Gasteiger charge is 2.03. The number of hydrogen-bond donors (Lipinski definition) is 1. The molecule has 0 radical (unpaired) electrons. The van der Waals surface area contributed by atoms with E-state index in [0.29, 0.717) is 6.42 Å². The van der Waals surface area contributed by atoms with Crippen LogP contribution in [-0.2, 0) is 6.42 Å². The average molecular weight is 176 g/mol. The molecule has 70 valence electrons. The quantitative estimate of drug-likeness (QED) is 0.699. The van der Waals surface area contributed by atoms with Crippen molar-refractivity contribution in [1.29, 1.82) is 0 Å². The minimum Gasteiger partial charge on any atom is -0.388 e. The first-order valence-electron chi connectivity index (χ1n) is 4.65. The summed E-state index contributed by atoms with van der Waals surface area (Å²) in [6.45, 7) is 5.72. The molecule has 1 heteroatoms. The number of rotatable bonds is 4. The van der Waals surface area contributed by atoms with Gasteiger partial charge < -0.3 is 5.11 Å². The molecule has 0 aliphatic carbocycles. The van der Waals surface area contributed by atoms with E-state index in [1.807, 2.05) is 12.1 Å². The Kier molecular flexibility index (Phi) is 3.71. The van der Waals surface area contributed by atoms with Gasteiger partial charge in [0.25, 0.3) is 0 Å². The lowest BCUT2D eigenvalue weighted by molar-refractivity contribution is 0.181. The smallest absolute Gasteiger partial charge is 0.0824 e. The van der Waals surface area contributed by atoms with Crippen molar-refractivity contribution in [3.63, 3.8) is 0 Å². The molecular formula is C12H16O. The zero-order valence-corrected chi connectivity index (χ0v) is 8.03. The number of benzene rings is 1. The number of hydrogen-bond acceptors (Lipinski definition) is 1. The number of aryl methyl sites for hydroxylation is 1. The summed E-state index contributed by atoms with van der Waals surface area (Å²) in [5.41, 5.74) is 2.27. The van der Waals surface area contributed by atoms with Gasteiger partial charge in [-0.05, 0) is 24.0 Å². The fourth-order valence-corrected chi connectivity index (χ4v) is 1.27. The molecular weight excluding hydrogens is 160 g/mol. The molecule has 1 aromatic carbocycles. The average Bonchev–Trinajstić information content (AvgIpc) is 2.18. The molecule has 0 spiro atoms. The Bertz CT molecular complexity index is 261. The maximum absolute atomic E-state index is 9.61. The SMILES string of the molecule is C=CC[C@@H](O)c1ccc(CC)cc1. The lowest BCUT2D eigenvalue weighted by Gasteiger charge is -2.08. The van der Waals surface area contributed by atoms with Gasteiger partial charge in [-0.2, -0.15) is 0 Å². The van der Waals surface area contributed by atoms with Gasteiger partial charge in [0.1, 0.15) is 0 Å². The standard InChI is InChI=1S/C12H16O/c1-3-5-12(13)11-8-6-10(4-2)7-9-11/h3,6-9,12-13H,1,4-5H2,2H3/t12-/m1/s1. The summed E-state index contributed by atoms with van der Waals surface area (Å²) < 4.78 is 0. The second-order valence-corrected chi connectivity index (χ2v) is 3.14. The van der Waals surface area contributed by atoms with Crippen LogP contribution in [0.2, 0.25) is 0 Å². The van der Waals surface area contributed by atoms with Gasteiger partial charge >= 0.3 is 0 Å². The van der Waals surface area contributed by atoms with Crippen LogP contribution in [0.1, 0.15) is 30.6 Å². The van der Waals surface area contributed by atoms with Gasteiger partial charge in [-0.1, -0.05) is 37.3 Å². The molecule has 0 fully saturated rings. The molecule has 1 aromatic rings. The van der Waals surface area contributed by atoms with E-state index >= 15 is 0 Å². The van der Waals surface area contributed by atoms with E-state index in [9.17, 15) is 5.11 Å².